The van der Waals surface area contributed by atoms with Crippen molar-refractivity contribution in [2.24, 2.45) is 0 Å². The number of thiophene rings is 1. The third-order valence-electron chi connectivity index (χ3n) is 4.76. The predicted octanol–water partition coefficient (Wildman–Crippen LogP) is 4.74. The number of quaternary nitrogens is 1. The molecule has 2 N–H and O–H groups in total. The number of methoxy groups -OCH3 is 1. The second-order valence-electron chi connectivity index (χ2n) is 6.49. The molecule has 2 aromatic carbocycles. The first-order valence-electron chi connectivity index (χ1n) is 8.93. The van der Waals surface area contributed by atoms with Crippen LogP contribution < -0.4 is 10.1 Å². The van der Waals surface area contributed by atoms with E-state index >= 15 is 0 Å². The van der Waals surface area contributed by atoms with Crippen molar-refractivity contribution in [2.75, 3.05) is 13.7 Å². The molecule has 0 unspecified atom stereocenters. The van der Waals surface area contributed by atoms with E-state index in [-0.39, 0.29) is 11.7 Å². The lowest BCUT2D eigenvalue weighted by molar-refractivity contribution is -0.692. The van der Waals surface area contributed by atoms with Gasteiger partial charge in [0.25, 0.3) is 0 Å². The van der Waals surface area contributed by atoms with Crippen molar-refractivity contribution in [3.63, 3.8) is 0 Å². The van der Waals surface area contributed by atoms with E-state index < -0.39 is 0 Å². The Labute approximate surface area is 158 Å². The van der Waals surface area contributed by atoms with E-state index in [9.17, 15) is 4.39 Å². The number of hydrogen-bond acceptors (Lipinski definition) is 2. The minimum atomic E-state index is -0.194. The van der Waals surface area contributed by atoms with E-state index in [4.69, 9.17) is 4.74 Å². The first-order valence-corrected chi connectivity index (χ1v) is 9.81. The highest BCUT2D eigenvalue weighted by atomic mass is 32.1. The van der Waals surface area contributed by atoms with Gasteiger partial charge in [-0.25, -0.2) is 4.39 Å². The molecule has 4 heteroatoms. The van der Waals surface area contributed by atoms with Crippen LogP contribution in [0.3, 0.4) is 0 Å². The number of hydrogen-bond donors (Lipinski definition) is 1. The van der Waals surface area contributed by atoms with Gasteiger partial charge in [-0.2, -0.15) is 0 Å². The maximum Gasteiger partial charge on any atom is 0.123 e. The number of ether oxygens (including phenoxy) is 1. The number of benzene rings is 2. The van der Waals surface area contributed by atoms with Crippen LogP contribution in [0, 0.1) is 5.82 Å². The van der Waals surface area contributed by atoms with Crippen molar-refractivity contribution in [3.8, 4) is 5.75 Å². The van der Waals surface area contributed by atoms with Gasteiger partial charge in [-0.15, -0.1) is 11.3 Å². The van der Waals surface area contributed by atoms with Crippen molar-refractivity contribution in [1.29, 1.82) is 0 Å². The molecule has 136 valence electrons. The van der Waals surface area contributed by atoms with Gasteiger partial charge < -0.3 is 10.1 Å². The highest BCUT2D eigenvalue weighted by molar-refractivity contribution is 7.10. The molecule has 0 saturated carbocycles. The van der Waals surface area contributed by atoms with Crippen molar-refractivity contribution in [1.82, 2.24) is 0 Å². The van der Waals surface area contributed by atoms with Crippen LogP contribution in [0.25, 0.3) is 0 Å². The Morgan fingerprint density at radius 3 is 2.23 bits per heavy atom. The van der Waals surface area contributed by atoms with Crippen molar-refractivity contribution >= 4 is 11.3 Å². The fraction of sp³-hybridized carbons (Fsp3) is 0.273. The molecule has 2 nitrogen and oxygen atoms in total. The Morgan fingerprint density at radius 2 is 1.65 bits per heavy atom. The van der Waals surface area contributed by atoms with Crippen molar-refractivity contribution in [3.05, 3.63) is 87.9 Å². The SMILES string of the molecule is COc1ccc([C@@H](CC[NH2+][C@H](C)c2cccs2)c2ccc(F)cc2)cc1. The minimum Gasteiger partial charge on any atom is -0.497 e. The van der Waals surface area contributed by atoms with Gasteiger partial charge in [0.2, 0.25) is 0 Å². The van der Waals surface area contributed by atoms with Crippen LogP contribution in [0.15, 0.2) is 66.0 Å². The lowest BCUT2D eigenvalue weighted by Gasteiger charge is -2.19. The van der Waals surface area contributed by atoms with E-state index in [2.05, 4.69) is 41.9 Å². The maximum atomic E-state index is 13.3. The monoisotopic (exact) mass is 370 g/mol. The van der Waals surface area contributed by atoms with Gasteiger partial charge in [-0.05, 0) is 53.8 Å². The van der Waals surface area contributed by atoms with Gasteiger partial charge in [-0.1, -0.05) is 30.3 Å². The average molecular weight is 371 g/mol. The van der Waals surface area contributed by atoms with Crippen LogP contribution in [0.4, 0.5) is 4.39 Å². The molecular weight excluding hydrogens is 345 g/mol. The first kappa shape index (κ1) is 18.6. The molecule has 26 heavy (non-hydrogen) atoms. The molecule has 2 atom stereocenters. The van der Waals surface area contributed by atoms with Crippen molar-refractivity contribution < 1.29 is 14.4 Å². The lowest BCUT2D eigenvalue weighted by atomic mass is 9.88. The largest absolute Gasteiger partial charge is 0.497 e. The lowest BCUT2D eigenvalue weighted by Crippen LogP contribution is -2.84. The molecule has 0 aliphatic rings. The van der Waals surface area contributed by atoms with Crippen LogP contribution in [0.1, 0.15) is 41.3 Å². The summed E-state index contributed by atoms with van der Waals surface area (Å²) in [6.07, 6.45) is 0.994. The number of halogens is 1. The standard InChI is InChI=1S/C22H24FNOS/c1-16(22-4-3-15-26-22)24-14-13-21(17-5-9-19(23)10-6-17)18-7-11-20(25-2)12-8-18/h3-12,15-16,21,24H,13-14H2,1-2H3/p+1/t16-,21+/m1/s1. The third kappa shape index (κ3) is 4.71. The normalized spacial score (nSPS) is 13.3. The van der Waals surface area contributed by atoms with Gasteiger partial charge in [0.05, 0.1) is 18.5 Å². The highest BCUT2D eigenvalue weighted by Crippen LogP contribution is 2.29. The molecule has 0 aliphatic heterocycles. The van der Waals surface area contributed by atoms with Gasteiger partial charge in [-0.3, -0.25) is 0 Å². The van der Waals surface area contributed by atoms with Gasteiger partial charge in [0.1, 0.15) is 17.6 Å². The minimum absolute atomic E-state index is 0.194. The third-order valence-corrected chi connectivity index (χ3v) is 5.83. The summed E-state index contributed by atoms with van der Waals surface area (Å²) in [5.74, 6) is 0.901. The molecular formula is C22H25FNOS+. The van der Waals surface area contributed by atoms with Crippen LogP contribution in [-0.4, -0.2) is 13.7 Å². The molecule has 0 spiro atoms. The van der Waals surface area contributed by atoms with Crippen LogP contribution >= 0.6 is 11.3 Å². The fourth-order valence-corrected chi connectivity index (χ4v) is 4.02. The van der Waals surface area contributed by atoms with Gasteiger partial charge in [0, 0.05) is 12.3 Å². The summed E-state index contributed by atoms with van der Waals surface area (Å²) in [5, 5.41) is 4.50. The van der Waals surface area contributed by atoms with Gasteiger partial charge >= 0.3 is 0 Å². The summed E-state index contributed by atoms with van der Waals surface area (Å²) < 4.78 is 18.6. The average Bonchev–Trinajstić information content (AvgIpc) is 3.21. The molecule has 0 fully saturated rings. The molecule has 0 amide bonds. The second kappa shape index (κ2) is 8.97. The first-order chi connectivity index (χ1) is 12.7. The zero-order valence-corrected chi connectivity index (χ0v) is 16.0. The summed E-state index contributed by atoms with van der Waals surface area (Å²) in [6, 6.07) is 19.8. The van der Waals surface area contributed by atoms with Crippen LogP contribution in [-0.2, 0) is 0 Å². The smallest absolute Gasteiger partial charge is 0.123 e. The van der Waals surface area contributed by atoms with E-state index in [0.717, 1.165) is 24.3 Å². The Hall–Kier alpha value is -2.17. The molecule has 1 aromatic heterocycles. The Morgan fingerprint density at radius 1 is 1.00 bits per heavy atom. The maximum absolute atomic E-state index is 13.3. The summed E-state index contributed by atoms with van der Waals surface area (Å²) in [7, 11) is 1.67. The number of rotatable bonds is 8. The zero-order valence-electron chi connectivity index (χ0n) is 15.2. The quantitative estimate of drug-likeness (QED) is 0.609. The summed E-state index contributed by atoms with van der Waals surface area (Å²) in [4.78, 5) is 1.40. The molecule has 0 radical (unpaired) electrons. The Balaban J connectivity index is 1.73. The Kier molecular flexibility index (Phi) is 6.42. The summed E-state index contributed by atoms with van der Waals surface area (Å²) in [5.41, 5.74) is 2.38. The molecule has 0 saturated heterocycles. The topological polar surface area (TPSA) is 25.8 Å². The number of nitrogens with two attached hydrogens (primary N) is 1. The molecule has 1 heterocycles. The van der Waals surface area contributed by atoms with Gasteiger partial charge in [0.15, 0.2) is 0 Å². The van der Waals surface area contributed by atoms with Crippen LogP contribution in [0.5, 0.6) is 5.75 Å². The molecule has 3 rings (SSSR count). The van der Waals surface area contributed by atoms with E-state index in [0.29, 0.717) is 6.04 Å². The Bertz CT molecular complexity index is 784. The van der Waals surface area contributed by atoms with E-state index in [1.54, 1.807) is 30.6 Å². The van der Waals surface area contributed by atoms with E-state index in [1.807, 2.05) is 24.3 Å². The molecule has 3 aromatic rings. The fourth-order valence-electron chi connectivity index (χ4n) is 3.24. The molecule has 0 aliphatic carbocycles. The van der Waals surface area contributed by atoms with Crippen LogP contribution in [0.2, 0.25) is 0 Å². The predicted molar refractivity (Wildman–Crippen MR) is 105 cm³/mol. The van der Waals surface area contributed by atoms with E-state index in [1.165, 1.54) is 10.4 Å². The highest BCUT2D eigenvalue weighted by Gasteiger charge is 2.17. The summed E-state index contributed by atoms with van der Waals surface area (Å²) >= 11 is 1.80. The molecule has 0 bridgehead atoms. The zero-order chi connectivity index (χ0) is 18.4. The second-order valence-corrected chi connectivity index (χ2v) is 7.47. The van der Waals surface area contributed by atoms with Crippen molar-refractivity contribution in [2.45, 2.75) is 25.3 Å². The summed E-state index contributed by atoms with van der Waals surface area (Å²) in [6.45, 7) is 3.25.